The molecule has 1 aliphatic heterocycles. The van der Waals surface area contributed by atoms with Crippen molar-refractivity contribution in [1.29, 1.82) is 0 Å². The first-order valence-electron chi connectivity index (χ1n) is 11.9. The molecule has 0 spiro atoms. The van der Waals surface area contributed by atoms with Crippen LogP contribution in [0.1, 0.15) is 22.0 Å². The molecular weight excluding hydrogens is 479 g/mol. The maximum absolute atomic E-state index is 13.3. The number of sulfonamides is 1. The fourth-order valence-corrected chi connectivity index (χ4v) is 5.82. The topological polar surface area (TPSA) is 73.0 Å². The van der Waals surface area contributed by atoms with E-state index in [2.05, 4.69) is 5.32 Å². The maximum Gasteiger partial charge on any atom is 0.251 e. The molecule has 0 bridgehead atoms. The molecule has 9 heteroatoms. The van der Waals surface area contributed by atoms with Gasteiger partial charge in [-0.2, -0.15) is 4.31 Å². The molecule has 1 amide bonds. The molecule has 1 atom stereocenters. The van der Waals surface area contributed by atoms with E-state index in [1.54, 1.807) is 24.3 Å². The lowest BCUT2D eigenvalue weighted by Crippen LogP contribution is -2.48. The average molecular weight is 511 g/mol. The first-order chi connectivity index (χ1) is 17.3. The van der Waals surface area contributed by atoms with Gasteiger partial charge in [0, 0.05) is 44.0 Å². The van der Waals surface area contributed by atoms with Gasteiger partial charge in [-0.15, -0.1) is 0 Å². The second-order valence-corrected chi connectivity index (χ2v) is 10.9. The van der Waals surface area contributed by atoms with Crippen molar-refractivity contribution < 1.29 is 17.6 Å². The summed E-state index contributed by atoms with van der Waals surface area (Å²) in [6.07, 6.45) is 0. The van der Waals surface area contributed by atoms with Crippen molar-refractivity contribution in [3.8, 4) is 0 Å². The van der Waals surface area contributed by atoms with Crippen molar-refractivity contribution in [3.63, 3.8) is 0 Å². The maximum atomic E-state index is 13.3. The van der Waals surface area contributed by atoms with E-state index in [-0.39, 0.29) is 22.7 Å². The van der Waals surface area contributed by atoms with Crippen molar-refractivity contribution in [3.05, 3.63) is 95.8 Å². The molecule has 0 aromatic heterocycles. The van der Waals surface area contributed by atoms with Crippen LogP contribution in [0.15, 0.2) is 83.8 Å². The van der Waals surface area contributed by atoms with Crippen LogP contribution in [0.4, 0.5) is 10.1 Å². The van der Waals surface area contributed by atoms with Gasteiger partial charge in [0.05, 0.1) is 10.9 Å². The number of halogens is 1. The Kier molecular flexibility index (Phi) is 8.03. The number of nitrogens with zero attached hydrogens (tertiary/aromatic N) is 3. The van der Waals surface area contributed by atoms with E-state index in [0.29, 0.717) is 38.3 Å². The first kappa shape index (κ1) is 25.8. The third kappa shape index (κ3) is 5.92. The zero-order chi connectivity index (χ0) is 25.7. The molecule has 1 fully saturated rings. The minimum atomic E-state index is -3.76. The van der Waals surface area contributed by atoms with Crippen LogP contribution in [-0.4, -0.2) is 70.3 Å². The number of carbonyl (C=O) groups is 1. The van der Waals surface area contributed by atoms with Crippen molar-refractivity contribution in [1.82, 2.24) is 14.5 Å². The molecule has 1 aliphatic rings. The third-order valence-corrected chi connectivity index (χ3v) is 8.32. The Morgan fingerprint density at radius 1 is 0.944 bits per heavy atom. The highest BCUT2D eigenvalue weighted by molar-refractivity contribution is 7.89. The smallest absolute Gasteiger partial charge is 0.251 e. The Bertz CT molecular complexity index is 1280. The predicted octanol–water partition coefficient (Wildman–Crippen LogP) is 3.37. The lowest BCUT2D eigenvalue weighted by atomic mass is 10.1. The van der Waals surface area contributed by atoms with Crippen LogP contribution < -0.4 is 10.2 Å². The molecule has 0 unspecified atom stereocenters. The van der Waals surface area contributed by atoms with Crippen LogP contribution in [0.3, 0.4) is 0 Å². The molecule has 4 rings (SSSR count). The molecular formula is C27H31FN4O3S. The molecule has 3 aromatic rings. The number of likely N-dealkylation sites (N-methyl/N-ethyl adjacent to an activating group) is 1. The zero-order valence-electron chi connectivity index (χ0n) is 20.5. The molecule has 0 aliphatic carbocycles. The highest BCUT2D eigenvalue weighted by atomic mass is 32.2. The highest BCUT2D eigenvalue weighted by Gasteiger charge is 2.29. The SMILES string of the molecule is CN(C)[C@H](CNC(=O)c1cccc(S(=O)(=O)N2CCN(c3ccc(F)cc3)CC2)c1)c1ccccc1. The zero-order valence-corrected chi connectivity index (χ0v) is 21.3. The minimum Gasteiger partial charge on any atom is -0.369 e. The van der Waals surface area contributed by atoms with E-state index >= 15 is 0 Å². The van der Waals surface area contributed by atoms with Crippen LogP contribution in [0, 0.1) is 5.82 Å². The predicted molar refractivity (Wildman–Crippen MR) is 139 cm³/mol. The minimum absolute atomic E-state index is 0.0144. The second-order valence-electron chi connectivity index (χ2n) is 9.00. The fourth-order valence-electron chi connectivity index (χ4n) is 4.35. The molecule has 0 radical (unpaired) electrons. The van der Waals surface area contributed by atoms with Crippen molar-refractivity contribution in [2.45, 2.75) is 10.9 Å². The Labute approximate surface area is 212 Å². The summed E-state index contributed by atoms with van der Waals surface area (Å²) < 4.78 is 41.3. The molecule has 1 saturated heterocycles. The van der Waals surface area contributed by atoms with E-state index in [4.69, 9.17) is 0 Å². The second kappa shape index (κ2) is 11.2. The standard InChI is InChI=1S/C27H31FN4O3S/c1-30(2)26(21-7-4-3-5-8-21)20-29-27(33)22-9-6-10-25(19-22)36(34,35)32-17-15-31(16-18-32)24-13-11-23(28)12-14-24/h3-14,19,26H,15-18,20H2,1-2H3,(H,29,33)/t26-/m1/s1. The monoisotopic (exact) mass is 510 g/mol. The molecule has 7 nitrogen and oxygen atoms in total. The van der Waals surface area contributed by atoms with Crippen molar-refractivity contribution in [2.24, 2.45) is 0 Å². The average Bonchev–Trinajstić information content (AvgIpc) is 2.90. The number of nitrogens with one attached hydrogen (secondary N) is 1. The molecule has 1 heterocycles. The van der Waals surface area contributed by atoms with Gasteiger partial charge in [-0.3, -0.25) is 4.79 Å². The van der Waals surface area contributed by atoms with Gasteiger partial charge in [-0.05, 0) is 62.1 Å². The van der Waals surface area contributed by atoms with E-state index in [0.717, 1.165) is 11.3 Å². The summed E-state index contributed by atoms with van der Waals surface area (Å²) in [6, 6.07) is 22.2. The van der Waals surface area contributed by atoms with Gasteiger partial charge in [0.25, 0.3) is 5.91 Å². The Balaban J connectivity index is 1.41. The number of hydrogen-bond acceptors (Lipinski definition) is 5. The molecule has 3 aromatic carbocycles. The van der Waals surface area contributed by atoms with Gasteiger partial charge in [0.1, 0.15) is 5.82 Å². The summed E-state index contributed by atoms with van der Waals surface area (Å²) in [6.45, 7) is 1.99. The number of benzene rings is 3. The summed E-state index contributed by atoms with van der Waals surface area (Å²) in [5, 5.41) is 2.94. The van der Waals surface area contributed by atoms with E-state index < -0.39 is 10.0 Å². The van der Waals surface area contributed by atoms with E-state index in [1.807, 2.05) is 54.2 Å². The van der Waals surface area contributed by atoms with Crippen LogP contribution in [0.5, 0.6) is 0 Å². The van der Waals surface area contributed by atoms with Gasteiger partial charge in [0.2, 0.25) is 10.0 Å². The largest absolute Gasteiger partial charge is 0.369 e. The summed E-state index contributed by atoms with van der Waals surface area (Å²) in [5.74, 6) is -0.628. The van der Waals surface area contributed by atoms with Gasteiger partial charge >= 0.3 is 0 Å². The van der Waals surface area contributed by atoms with Crippen molar-refractivity contribution in [2.75, 3.05) is 51.7 Å². The number of rotatable bonds is 8. The van der Waals surface area contributed by atoms with Crippen molar-refractivity contribution >= 4 is 21.6 Å². The quantitative estimate of drug-likeness (QED) is 0.503. The Morgan fingerprint density at radius 2 is 1.61 bits per heavy atom. The lowest BCUT2D eigenvalue weighted by molar-refractivity contribution is 0.0941. The van der Waals surface area contributed by atoms with Gasteiger partial charge in [-0.1, -0.05) is 36.4 Å². The molecule has 190 valence electrons. The lowest BCUT2D eigenvalue weighted by Gasteiger charge is -2.35. The van der Waals surface area contributed by atoms with Crippen LogP contribution >= 0.6 is 0 Å². The normalized spacial score (nSPS) is 15.6. The number of hydrogen-bond donors (Lipinski definition) is 1. The summed E-state index contributed by atoms with van der Waals surface area (Å²) in [7, 11) is 0.143. The third-order valence-electron chi connectivity index (χ3n) is 6.43. The van der Waals surface area contributed by atoms with E-state index in [9.17, 15) is 17.6 Å². The summed E-state index contributed by atoms with van der Waals surface area (Å²) in [4.78, 5) is 17.1. The Morgan fingerprint density at radius 3 is 2.25 bits per heavy atom. The van der Waals surface area contributed by atoms with Crippen LogP contribution in [0.25, 0.3) is 0 Å². The number of amides is 1. The van der Waals surface area contributed by atoms with Crippen LogP contribution in [-0.2, 0) is 10.0 Å². The Hall–Kier alpha value is -3.27. The molecule has 1 N–H and O–H groups in total. The van der Waals surface area contributed by atoms with Gasteiger partial charge in [-0.25, -0.2) is 12.8 Å². The fraction of sp³-hybridized carbons (Fsp3) is 0.296. The molecule has 0 saturated carbocycles. The summed E-state index contributed by atoms with van der Waals surface area (Å²) >= 11 is 0. The van der Waals surface area contributed by atoms with Gasteiger partial charge < -0.3 is 15.1 Å². The van der Waals surface area contributed by atoms with Crippen LogP contribution in [0.2, 0.25) is 0 Å². The highest BCUT2D eigenvalue weighted by Crippen LogP contribution is 2.22. The number of carbonyl (C=O) groups excluding carboxylic acids is 1. The number of anilines is 1. The first-order valence-corrected chi connectivity index (χ1v) is 13.3. The molecule has 36 heavy (non-hydrogen) atoms. The van der Waals surface area contributed by atoms with E-state index in [1.165, 1.54) is 28.6 Å². The van der Waals surface area contributed by atoms with Gasteiger partial charge in [0.15, 0.2) is 0 Å². The number of piperazine rings is 1. The summed E-state index contributed by atoms with van der Waals surface area (Å²) in [5.41, 5.74) is 2.24.